The van der Waals surface area contributed by atoms with E-state index in [0.29, 0.717) is 5.56 Å². The lowest BCUT2D eigenvalue weighted by molar-refractivity contribution is -0.154. The van der Waals surface area contributed by atoms with Crippen molar-refractivity contribution in [3.8, 4) is 0 Å². The quantitative estimate of drug-likeness (QED) is 0.627. The van der Waals surface area contributed by atoms with Crippen LogP contribution in [0.25, 0.3) is 0 Å². The molecule has 2 aliphatic carbocycles. The van der Waals surface area contributed by atoms with Crippen molar-refractivity contribution in [1.29, 1.82) is 0 Å². The van der Waals surface area contributed by atoms with Crippen LogP contribution < -0.4 is 0 Å². The fraction of sp³-hybridized carbons (Fsp3) is 0.500. The van der Waals surface area contributed by atoms with Gasteiger partial charge in [-0.15, -0.1) is 0 Å². The Morgan fingerprint density at radius 2 is 1.96 bits per heavy atom. The van der Waals surface area contributed by atoms with Crippen molar-refractivity contribution in [2.24, 2.45) is 23.7 Å². The number of rotatable bonds is 4. The predicted molar refractivity (Wildman–Crippen MR) is 79.5 cm³/mol. The van der Waals surface area contributed by atoms with Gasteiger partial charge in [-0.1, -0.05) is 29.8 Å². The first-order valence-corrected chi connectivity index (χ1v) is 8.01. The van der Waals surface area contributed by atoms with Crippen LogP contribution in [0.2, 0.25) is 0 Å². The highest BCUT2D eigenvalue weighted by molar-refractivity contribution is 5.98. The number of esters is 2. The molecule has 2 saturated carbocycles. The van der Waals surface area contributed by atoms with Crippen LogP contribution in [0, 0.1) is 30.6 Å². The molecule has 1 heterocycles. The summed E-state index contributed by atoms with van der Waals surface area (Å²) in [5.74, 6) is -1.40. The van der Waals surface area contributed by atoms with E-state index in [2.05, 4.69) is 0 Å². The van der Waals surface area contributed by atoms with Gasteiger partial charge in [0.25, 0.3) is 0 Å². The highest BCUT2D eigenvalue weighted by Crippen LogP contribution is 2.57. The fourth-order valence-electron chi connectivity index (χ4n) is 4.38. The first kappa shape index (κ1) is 14.4. The van der Waals surface area contributed by atoms with Gasteiger partial charge in [-0.2, -0.15) is 0 Å². The molecule has 3 aliphatic rings. The third kappa shape index (κ3) is 2.26. The number of carbonyl (C=O) groups is 3. The van der Waals surface area contributed by atoms with E-state index < -0.39 is 11.9 Å². The summed E-state index contributed by atoms with van der Waals surface area (Å²) in [6.07, 6.45) is 1.60. The fourth-order valence-corrected chi connectivity index (χ4v) is 4.38. The van der Waals surface area contributed by atoms with Gasteiger partial charge >= 0.3 is 11.9 Å². The SMILES string of the molecule is Cc1ccc(C(=O)COC(=O)[C@@H]2[C@@H]3C[C@@H]4[C@H]2C(=O)O[C@@H]4C3)cc1. The molecular weight excluding hydrogens is 296 g/mol. The molecule has 1 aromatic rings. The molecule has 4 rings (SSSR count). The number of fused-ring (bicyclic) bond motifs is 1. The van der Waals surface area contributed by atoms with Gasteiger partial charge in [0.05, 0.1) is 11.8 Å². The zero-order chi connectivity index (χ0) is 16.1. The van der Waals surface area contributed by atoms with Gasteiger partial charge in [0.2, 0.25) is 0 Å². The molecule has 0 N–H and O–H groups in total. The molecule has 0 amide bonds. The van der Waals surface area contributed by atoms with Gasteiger partial charge in [0.1, 0.15) is 6.10 Å². The number of ether oxygens (including phenoxy) is 2. The summed E-state index contributed by atoms with van der Waals surface area (Å²) < 4.78 is 10.5. The molecule has 1 aromatic carbocycles. The monoisotopic (exact) mass is 314 g/mol. The summed E-state index contributed by atoms with van der Waals surface area (Å²) >= 11 is 0. The molecule has 2 bridgehead atoms. The maximum atomic E-state index is 12.4. The van der Waals surface area contributed by atoms with Crippen molar-refractivity contribution < 1.29 is 23.9 Å². The minimum Gasteiger partial charge on any atom is -0.462 e. The number of aryl methyl sites for hydroxylation is 1. The van der Waals surface area contributed by atoms with Crippen LogP contribution in [0.4, 0.5) is 0 Å². The summed E-state index contributed by atoms with van der Waals surface area (Å²) in [7, 11) is 0. The van der Waals surface area contributed by atoms with Crippen LogP contribution in [0.1, 0.15) is 28.8 Å². The Morgan fingerprint density at radius 1 is 1.22 bits per heavy atom. The molecule has 0 radical (unpaired) electrons. The van der Waals surface area contributed by atoms with Crippen LogP contribution >= 0.6 is 0 Å². The largest absolute Gasteiger partial charge is 0.462 e. The Balaban J connectivity index is 1.40. The van der Waals surface area contributed by atoms with Crippen LogP contribution in [0.5, 0.6) is 0 Å². The van der Waals surface area contributed by atoms with E-state index in [1.54, 1.807) is 12.1 Å². The second-order valence-electron chi connectivity index (χ2n) is 6.82. The number of ketones is 1. The topological polar surface area (TPSA) is 69.7 Å². The Morgan fingerprint density at radius 3 is 2.70 bits per heavy atom. The number of hydrogen-bond donors (Lipinski definition) is 0. The lowest BCUT2D eigenvalue weighted by Gasteiger charge is -2.22. The minimum absolute atomic E-state index is 0.00394. The maximum Gasteiger partial charge on any atom is 0.310 e. The van der Waals surface area contributed by atoms with Crippen molar-refractivity contribution in [3.05, 3.63) is 35.4 Å². The van der Waals surface area contributed by atoms with Crippen LogP contribution in [-0.4, -0.2) is 30.4 Å². The van der Waals surface area contributed by atoms with Crippen molar-refractivity contribution in [2.45, 2.75) is 25.9 Å². The van der Waals surface area contributed by atoms with Crippen molar-refractivity contribution in [2.75, 3.05) is 6.61 Å². The Labute approximate surface area is 134 Å². The zero-order valence-electron chi connectivity index (χ0n) is 12.9. The average Bonchev–Trinajstić information content (AvgIpc) is 3.14. The van der Waals surface area contributed by atoms with E-state index in [1.165, 1.54) is 0 Å². The molecule has 5 heteroatoms. The van der Waals surface area contributed by atoms with Gasteiger partial charge in [-0.25, -0.2) is 0 Å². The summed E-state index contributed by atoms with van der Waals surface area (Å²) in [6, 6.07) is 7.14. The molecule has 5 nitrogen and oxygen atoms in total. The van der Waals surface area contributed by atoms with E-state index >= 15 is 0 Å². The number of benzene rings is 1. The summed E-state index contributed by atoms with van der Waals surface area (Å²) in [4.78, 5) is 36.4. The summed E-state index contributed by atoms with van der Waals surface area (Å²) in [5, 5.41) is 0. The molecule has 0 aromatic heterocycles. The van der Waals surface area contributed by atoms with Gasteiger partial charge < -0.3 is 9.47 Å². The van der Waals surface area contributed by atoms with Gasteiger partial charge in [-0.3, -0.25) is 14.4 Å². The number of carbonyl (C=O) groups excluding carboxylic acids is 3. The number of hydrogen-bond acceptors (Lipinski definition) is 5. The Bertz CT molecular complexity index is 675. The van der Waals surface area contributed by atoms with Gasteiger partial charge in [0.15, 0.2) is 12.4 Å². The van der Waals surface area contributed by atoms with Crippen molar-refractivity contribution in [1.82, 2.24) is 0 Å². The highest BCUT2D eigenvalue weighted by Gasteiger charge is 2.64. The Hall–Kier alpha value is -2.17. The standard InChI is InChI=1S/C18H18O5/c1-9-2-4-10(5-3-9)13(19)8-22-17(20)15-11-6-12-14(7-11)23-18(21)16(12)15/h2-5,11-12,14-16H,6-8H2,1H3/t11-,12+,14-,15-,16-/m1/s1. The molecule has 3 fully saturated rings. The van der Waals surface area contributed by atoms with Crippen LogP contribution in [0.15, 0.2) is 24.3 Å². The lowest BCUT2D eigenvalue weighted by atomic mass is 9.80. The first-order chi connectivity index (χ1) is 11.0. The second kappa shape index (κ2) is 5.18. The Kier molecular flexibility index (Phi) is 3.25. The second-order valence-corrected chi connectivity index (χ2v) is 6.82. The van der Waals surface area contributed by atoms with Crippen molar-refractivity contribution >= 4 is 17.7 Å². The third-order valence-corrected chi connectivity index (χ3v) is 5.47. The highest BCUT2D eigenvalue weighted by atomic mass is 16.6. The van der Waals surface area contributed by atoms with Gasteiger partial charge in [0, 0.05) is 11.5 Å². The van der Waals surface area contributed by atoms with E-state index in [0.717, 1.165) is 18.4 Å². The lowest BCUT2D eigenvalue weighted by Crippen LogP contribution is -2.34. The first-order valence-electron chi connectivity index (χ1n) is 8.01. The molecule has 5 atom stereocenters. The smallest absolute Gasteiger partial charge is 0.310 e. The number of Topliss-reactive ketones (excluding diaryl/α,β-unsaturated/α-hetero) is 1. The summed E-state index contributed by atoms with van der Waals surface area (Å²) in [6.45, 7) is 1.67. The van der Waals surface area contributed by atoms with Crippen LogP contribution in [0.3, 0.4) is 0 Å². The third-order valence-electron chi connectivity index (χ3n) is 5.47. The van der Waals surface area contributed by atoms with Crippen molar-refractivity contribution in [3.63, 3.8) is 0 Å². The molecule has 1 saturated heterocycles. The molecule has 120 valence electrons. The minimum atomic E-state index is -0.433. The van der Waals surface area contributed by atoms with E-state index in [9.17, 15) is 14.4 Å². The van der Waals surface area contributed by atoms with E-state index in [4.69, 9.17) is 9.47 Å². The molecule has 0 spiro atoms. The predicted octanol–water partition coefficient (Wildman–Crippen LogP) is 1.92. The molecular formula is C18H18O5. The molecule has 23 heavy (non-hydrogen) atoms. The molecule has 1 aliphatic heterocycles. The van der Waals surface area contributed by atoms with E-state index in [1.807, 2.05) is 19.1 Å². The molecule has 0 unspecified atom stereocenters. The normalized spacial score (nSPS) is 33.6. The zero-order valence-corrected chi connectivity index (χ0v) is 12.9. The van der Waals surface area contributed by atoms with E-state index in [-0.39, 0.29) is 42.2 Å². The summed E-state index contributed by atoms with van der Waals surface area (Å²) in [5.41, 5.74) is 1.59. The van der Waals surface area contributed by atoms with Crippen LogP contribution in [-0.2, 0) is 19.1 Å². The van der Waals surface area contributed by atoms with Gasteiger partial charge in [-0.05, 0) is 25.7 Å². The average molecular weight is 314 g/mol. The maximum absolute atomic E-state index is 12.4.